The summed E-state index contributed by atoms with van der Waals surface area (Å²) in [5.74, 6) is 1.72. The van der Waals surface area contributed by atoms with Crippen molar-refractivity contribution in [3.63, 3.8) is 0 Å². The fourth-order valence-corrected chi connectivity index (χ4v) is 1.86. The van der Waals surface area contributed by atoms with Gasteiger partial charge in [-0.3, -0.25) is 0 Å². The highest BCUT2D eigenvalue weighted by Gasteiger charge is 2.06. The van der Waals surface area contributed by atoms with Crippen molar-refractivity contribution in [3.05, 3.63) is 11.9 Å². The Morgan fingerprint density at radius 1 is 1.44 bits per heavy atom. The maximum Gasteiger partial charge on any atom is 0.151 e. The van der Waals surface area contributed by atoms with Crippen molar-refractivity contribution in [1.29, 1.82) is 0 Å². The predicted octanol–water partition coefficient (Wildman–Crippen LogP) is 0.214. The van der Waals surface area contributed by atoms with Crippen LogP contribution < -0.4 is 11.1 Å². The highest BCUT2D eigenvalue weighted by molar-refractivity contribution is 7.91. The van der Waals surface area contributed by atoms with Crippen molar-refractivity contribution in [1.82, 2.24) is 9.97 Å². The Hall–Kier alpha value is -1.37. The number of rotatable bonds is 5. The smallest absolute Gasteiger partial charge is 0.151 e. The summed E-state index contributed by atoms with van der Waals surface area (Å²) in [6.45, 7) is 3.68. The molecule has 3 N–H and O–H groups in total. The average molecular weight is 244 g/mol. The molecule has 0 aliphatic rings. The van der Waals surface area contributed by atoms with Gasteiger partial charge in [-0.25, -0.2) is 18.4 Å². The van der Waals surface area contributed by atoms with Gasteiger partial charge in [0.2, 0.25) is 0 Å². The van der Waals surface area contributed by atoms with Gasteiger partial charge in [0.05, 0.1) is 5.75 Å². The van der Waals surface area contributed by atoms with Gasteiger partial charge in [0.15, 0.2) is 9.84 Å². The van der Waals surface area contributed by atoms with E-state index in [0.29, 0.717) is 24.0 Å². The Morgan fingerprint density at radius 3 is 2.69 bits per heavy atom. The molecule has 0 amide bonds. The highest BCUT2D eigenvalue weighted by atomic mass is 32.2. The van der Waals surface area contributed by atoms with Crippen LogP contribution in [0.5, 0.6) is 0 Å². The van der Waals surface area contributed by atoms with Crippen molar-refractivity contribution < 1.29 is 8.42 Å². The number of sulfone groups is 1. The zero-order valence-electron chi connectivity index (χ0n) is 9.40. The molecule has 1 aromatic rings. The minimum absolute atomic E-state index is 0.0897. The molecule has 0 aromatic carbocycles. The Kier molecular flexibility index (Phi) is 4.05. The fourth-order valence-electron chi connectivity index (χ4n) is 1.16. The van der Waals surface area contributed by atoms with Gasteiger partial charge < -0.3 is 11.1 Å². The lowest BCUT2D eigenvalue weighted by atomic mass is 10.5. The van der Waals surface area contributed by atoms with Crippen molar-refractivity contribution >= 4 is 21.5 Å². The zero-order chi connectivity index (χ0) is 12.2. The van der Waals surface area contributed by atoms with Gasteiger partial charge >= 0.3 is 0 Å². The van der Waals surface area contributed by atoms with Gasteiger partial charge in [-0.15, -0.1) is 0 Å². The fraction of sp³-hybridized carbons (Fsp3) is 0.556. The van der Waals surface area contributed by atoms with Crippen LogP contribution in [0.2, 0.25) is 0 Å². The van der Waals surface area contributed by atoms with Gasteiger partial charge in [0.1, 0.15) is 17.5 Å². The minimum Gasteiger partial charge on any atom is -0.384 e. The molecule has 0 spiro atoms. The van der Waals surface area contributed by atoms with Crippen molar-refractivity contribution in [2.24, 2.45) is 0 Å². The van der Waals surface area contributed by atoms with E-state index in [1.807, 2.05) is 0 Å². The monoisotopic (exact) mass is 244 g/mol. The van der Waals surface area contributed by atoms with Crippen LogP contribution in [-0.4, -0.2) is 36.4 Å². The normalized spacial score (nSPS) is 11.4. The standard InChI is InChI=1S/C9H16N4O2S/c1-3-16(14,15)5-4-11-9-6-8(10)12-7(2)13-9/h6H,3-5H2,1-2H3,(H3,10,11,12,13). The third-order valence-electron chi connectivity index (χ3n) is 2.02. The second-order valence-corrected chi connectivity index (χ2v) is 5.86. The van der Waals surface area contributed by atoms with Crippen molar-refractivity contribution in [3.8, 4) is 0 Å². The molecule has 0 fully saturated rings. The summed E-state index contributed by atoms with van der Waals surface area (Å²) in [6, 6.07) is 1.57. The van der Waals surface area contributed by atoms with Crippen LogP contribution in [0.25, 0.3) is 0 Å². The number of nitrogen functional groups attached to an aromatic ring is 1. The minimum atomic E-state index is -2.95. The summed E-state index contributed by atoms with van der Waals surface area (Å²) >= 11 is 0. The first kappa shape index (κ1) is 12.7. The van der Waals surface area contributed by atoms with E-state index in [9.17, 15) is 8.42 Å². The summed E-state index contributed by atoms with van der Waals surface area (Å²) in [7, 11) is -2.95. The molecular formula is C9H16N4O2S. The molecule has 0 saturated carbocycles. The van der Waals surface area contributed by atoms with Crippen LogP contribution in [0.4, 0.5) is 11.6 Å². The molecule has 0 aliphatic carbocycles. The molecule has 0 aliphatic heterocycles. The van der Waals surface area contributed by atoms with E-state index < -0.39 is 9.84 Å². The SMILES string of the molecule is CCS(=O)(=O)CCNc1cc(N)nc(C)n1. The molecule has 90 valence electrons. The van der Waals surface area contributed by atoms with Crippen molar-refractivity contribution in [2.75, 3.05) is 29.1 Å². The lowest BCUT2D eigenvalue weighted by Crippen LogP contribution is -2.18. The van der Waals surface area contributed by atoms with E-state index in [1.165, 1.54) is 0 Å². The first-order valence-corrected chi connectivity index (χ1v) is 6.80. The number of aryl methyl sites for hydroxylation is 1. The molecule has 1 heterocycles. The van der Waals surface area contributed by atoms with Gasteiger partial charge in [-0.2, -0.15) is 0 Å². The first-order chi connectivity index (χ1) is 7.43. The number of anilines is 2. The summed E-state index contributed by atoms with van der Waals surface area (Å²) < 4.78 is 22.5. The highest BCUT2D eigenvalue weighted by Crippen LogP contribution is 2.07. The quantitative estimate of drug-likeness (QED) is 0.768. The summed E-state index contributed by atoms with van der Waals surface area (Å²) in [5, 5.41) is 2.91. The van der Waals surface area contributed by atoms with Gasteiger partial charge in [0, 0.05) is 18.4 Å². The molecule has 0 unspecified atom stereocenters. The molecular weight excluding hydrogens is 228 g/mol. The Balaban J connectivity index is 2.55. The molecule has 1 rings (SSSR count). The van der Waals surface area contributed by atoms with E-state index in [1.54, 1.807) is 19.9 Å². The topological polar surface area (TPSA) is 98.0 Å². The van der Waals surface area contributed by atoms with Crippen LogP contribution >= 0.6 is 0 Å². The predicted molar refractivity (Wildman–Crippen MR) is 64.0 cm³/mol. The van der Waals surface area contributed by atoms with E-state index in [0.717, 1.165) is 0 Å². The van der Waals surface area contributed by atoms with Gasteiger partial charge in [-0.1, -0.05) is 6.92 Å². The lowest BCUT2D eigenvalue weighted by Gasteiger charge is -2.06. The summed E-state index contributed by atoms with van der Waals surface area (Å²) in [6.07, 6.45) is 0. The largest absolute Gasteiger partial charge is 0.384 e. The lowest BCUT2D eigenvalue weighted by molar-refractivity contribution is 0.597. The number of nitrogens with zero attached hydrogens (tertiary/aromatic N) is 2. The van der Waals surface area contributed by atoms with E-state index >= 15 is 0 Å². The molecule has 6 nitrogen and oxygen atoms in total. The van der Waals surface area contributed by atoms with Crippen LogP contribution in [0.1, 0.15) is 12.7 Å². The molecule has 0 radical (unpaired) electrons. The summed E-state index contributed by atoms with van der Waals surface area (Å²) in [5.41, 5.74) is 5.53. The zero-order valence-corrected chi connectivity index (χ0v) is 10.2. The van der Waals surface area contributed by atoms with Gasteiger partial charge in [0.25, 0.3) is 0 Å². The van der Waals surface area contributed by atoms with Gasteiger partial charge in [-0.05, 0) is 6.92 Å². The average Bonchev–Trinajstić information content (AvgIpc) is 2.16. The second kappa shape index (κ2) is 5.11. The maximum atomic E-state index is 11.2. The Labute approximate surface area is 95.2 Å². The third-order valence-corrected chi connectivity index (χ3v) is 3.72. The number of nitrogens with two attached hydrogens (primary N) is 1. The second-order valence-electron chi connectivity index (χ2n) is 3.39. The molecule has 0 atom stereocenters. The van der Waals surface area contributed by atoms with E-state index in [4.69, 9.17) is 5.73 Å². The molecule has 1 aromatic heterocycles. The Morgan fingerprint density at radius 2 is 2.12 bits per heavy atom. The maximum absolute atomic E-state index is 11.2. The van der Waals surface area contributed by atoms with Crippen molar-refractivity contribution in [2.45, 2.75) is 13.8 Å². The number of hydrogen-bond acceptors (Lipinski definition) is 6. The van der Waals surface area contributed by atoms with Crippen LogP contribution in [0.15, 0.2) is 6.07 Å². The molecule has 0 bridgehead atoms. The van der Waals surface area contributed by atoms with Crippen LogP contribution in [0.3, 0.4) is 0 Å². The third kappa shape index (κ3) is 4.01. The van der Waals surface area contributed by atoms with E-state index in [2.05, 4.69) is 15.3 Å². The first-order valence-electron chi connectivity index (χ1n) is 4.98. The number of hydrogen-bond donors (Lipinski definition) is 2. The Bertz CT molecular complexity index is 438. The molecule has 16 heavy (non-hydrogen) atoms. The molecule has 7 heteroatoms. The number of nitrogens with one attached hydrogen (secondary N) is 1. The number of aromatic nitrogens is 2. The molecule has 0 saturated heterocycles. The summed E-state index contributed by atoms with van der Waals surface area (Å²) in [4.78, 5) is 8.00. The van der Waals surface area contributed by atoms with E-state index in [-0.39, 0.29) is 11.5 Å². The van der Waals surface area contributed by atoms with Crippen LogP contribution in [-0.2, 0) is 9.84 Å². The van der Waals surface area contributed by atoms with Crippen LogP contribution in [0, 0.1) is 6.92 Å².